The lowest BCUT2D eigenvalue weighted by Gasteiger charge is -2.20. The quantitative estimate of drug-likeness (QED) is 0.294. The van der Waals surface area contributed by atoms with Crippen molar-refractivity contribution in [3.8, 4) is 0 Å². The van der Waals surface area contributed by atoms with Crippen molar-refractivity contribution in [1.29, 1.82) is 0 Å². The zero-order valence-corrected chi connectivity index (χ0v) is 12.1. The number of methoxy groups -OCH3 is 1. The van der Waals surface area contributed by atoms with Crippen molar-refractivity contribution >= 4 is 13.8 Å². The number of carbonyl (C=O) groups excluding carboxylic acids is 1. The van der Waals surface area contributed by atoms with Crippen LogP contribution in [0.5, 0.6) is 0 Å². The third-order valence-electron chi connectivity index (χ3n) is 2.23. The van der Waals surface area contributed by atoms with Crippen LogP contribution in [0.25, 0.3) is 0 Å². The first-order valence-electron chi connectivity index (χ1n) is 5.66. The first-order valence-corrected chi connectivity index (χ1v) is 7.27. The Kier molecular flexibility index (Phi) is 8.71. The van der Waals surface area contributed by atoms with Crippen LogP contribution in [0.4, 0.5) is 4.79 Å². The van der Waals surface area contributed by atoms with E-state index in [-0.39, 0.29) is 0 Å². The smallest absolute Gasteiger partial charge is 0.438 e. The monoisotopic (exact) mass is 280 g/mol. The maximum atomic E-state index is 12.1. The van der Waals surface area contributed by atoms with Crippen molar-refractivity contribution in [2.45, 2.75) is 32.0 Å². The molecule has 0 aromatic carbocycles. The summed E-state index contributed by atoms with van der Waals surface area (Å²) in [6.45, 7) is 2.06. The Bertz CT molecular complexity index is 307. The van der Waals surface area contributed by atoms with Crippen molar-refractivity contribution < 1.29 is 27.9 Å². The Labute approximate surface area is 108 Å². The molecule has 0 saturated carbocycles. The van der Waals surface area contributed by atoms with Crippen LogP contribution >= 0.6 is 7.60 Å². The SMILES string of the molecule is CCCC/C=C/C(OC(=O)OC)P(=O)(OC)OC. The lowest BCUT2D eigenvalue weighted by atomic mass is 10.2. The maximum Gasteiger partial charge on any atom is 0.509 e. The van der Waals surface area contributed by atoms with Gasteiger partial charge in [0.25, 0.3) is 0 Å². The number of allylic oxidation sites excluding steroid dienone is 1. The molecule has 0 aromatic heterocycles. The van der Waals surface area contributed by atoms with E-state index in [1.165, 1.54) is 27.4 Å². The van der Waals surface area contributed by atoms with Crippen molar-refractivity contribution in [1.82, 2.24) is 0 Å². The van der Waals surface area contributed by atoms with Crippen LogP contribution in [0.15, 0.2) is 12.2 Å². The molecule has 0 aromatic rings. The molecule has 1 unspecified atom stereocenters. The van der Waals surface area contributed by atoms with E-state index in [4.69, 9.17) is 13.8 Å². The normalized spacial score (nSPS) is 13.6. The summed E-state index contributed by atoms with van der Waals surface area (Å²) in [6.07, 6.45) is 5.17. The molecule has 0 amide bonds. The number of ether oxygens (including phenoxy) is 2. The van der Waals surface area contributed by atoms with Gasteiger partial charge >= 0.3 is 13.8 Å². The van der Waals surface area contributed by atoms with E-state index in [2.05, 4.69) is 11.7 Å². The Morgan fingerprint density at radius 3 is 2.33 bits per heavy atom. The van der Waals surface area contributed by atoms with Crippen molar-refractivity contribution in [3.63, 3.8) is 0 Å². The summed E-state index contributed by atoms with van der Waals surface area (Å²) in [5, 5.41) is 0. The van der Waals surface area contributed by atoms with Gasteiger partial charge < -0.3 is 18.5 Å². The molecule has 0 aliphatic carbocycles. The predicted octanol–water partition coefficient (Wildman–Crippen LogP) is 3.33. The third-order valence-corrected chi connectivity index (χ3v) is 4.15. The molecule has 0 radical (unpaired) electrons. The third kappa shape index (κ3) is 5.67. The van der Waals surface area contributed by atoms with Gasteiger partial charge in [0.2, 0.25) is 5.85 Å². The molecule has 0 aliphatic heterocycles. The van der Waals surface area contributed by atoms with Crippen LogP contribution < -0.4 is 0 Å². The number of rotatable bonds is 8. The predicted molar refractivity (Wildman–Crippen MR) is 67.6 cm³/mol. The maximum absolute atomic E-state index is 12.1. The minimum Gasteiger partial charge on any atom is -0.438 e. The average Bonchev–Trinajstić information content (AvgIpc) is 2.40. The Morgan fingerprint density at radius 1 is 1.28 bits per heavy atom. The molecule has 18 heavy (non-hydrogen) atoms. The zero-order valence-electron chi connectivity index (χ0n) is 11.3. The fourth-order valence-electron chi connectivity index (χ4n) is 1.17. The van der Waals surface area contributed by atoms with Gasteiger partial charge in [0.15, 0.2) is 0 Å². The first kappa shape index (κ1) is 17.2. The van der Waals surface area contributed by atoms with Crippen LogP contribution in [0.3, 0.4) is 0 Å². The van der Waals surface area contributed by atoms with Gasteiger partial charge in [-0.1, -0.05) is 25.8 Å². The minimum absolute atomic E-state index is 0.797. The van der Waals surface area contributed by atoms with Crippen molar-refractivity contribution in [3.05, 3.63) is 12.2 Å². The second-order valence-electron chi connectivity index (χ2n) is 3.44. The molecule has 0 heterocycles. The average molecular weight is 280 g/mol. The van der Waals surface area contributed by atoms with E-state index in [1.54, 1.807) is 6.08 Å². The number of carbonyl (C=O) groups is 1. The summed E-state index contributed by atoms with van der Waals surface area (Å²) < 4.78 is 31.0. The highest BCUT2D eigenvalue weighted by Crippen LogP contribution is 2.52. The Hall–Kier alpha value is -0.840. The zero-order chi connectivity index (χ0) is 14.0. The molecular formula is C11H21O6P. The summed E-state index contributed by atoms with van der Waals surface area (Å²) in [5.74, 6) is -1.10. The molecule has 0 N–H and O–H groups in total. The first-order chi connectivity index (χ1) is 8.53. The van der Waals surface area contributed by atoms with Crippen LogP contribution in [-0.2, 0) is 23.1 Å². The van der Waals surface area contributed by atoms with E-state index in [1.807, 2.05) is 0 Å². The molecule has 0 rings (SSSR count). The summed E-state index contributed by atoms with van der Waals surface area (Å²) in [7, 11) is 0.122. The van der Waals surface area contributed by atoms with E-state index in [0.29, 0.717) is 0 Å². The van der Waals surface area contributed by atoms with Gasteiger partial charge in [0, 0.05) is 14.2 Å². The minimum atomic E-state index is -3.52. The highest BCUT2D eigenvalue weighted by molar-refractivity contribution is 7.54. The highest BCUT2D eigenvalue weighted by Gasteiger charge is 2.35. The van der Waals surface area contributed by atoms with Gasteiger partial charge in [-0.3, -0.25) is 4.57 Å². The van der Waals surface area contributed by atoms with E-state index in [0.717, 1.165) is 19.3 Å². The second kappa shape index (κ2) is 9.14. The number of unbranched alkanes of at least 4 members (excludes halogenated alkanes) is 2. The summed E-state index contributed by atoms with van der Waals surface area (Å²) >= 11 is 0. The van der Waals surface area contributed by atoms with Crippen LogP contribution in [-0.4, -0.2) is 33.3 Å². The largest absolute Gasteiger partial charge is 0.509 e. The van der Waals surface area contributed by atoms with Crippen LogP contribution in [0, 0.1) is 0 Å². The Morgan fingerprint density at radius 2 is 1.89 bits per heavy atom. The summed E-state index contributed by atoms with van der Waals surface area (Å²) in [5.41, 5.74) is 0. The topological polar surface area (TPSA) is 71.1 Å². The molecule has 0 saturated heterocycles. The number of hydrogen-bond acceptors (Lipinski definition) is 6. The molecule has 0 fully saturated rings. The van der Waals surface area contributed by atoms with Crippen LogP contribution in [0.2, 0.25) is 0 Å². The van der Waals surface area contributed by atoms with Crippen molar-refractivity contribution in [2.75, 3.05) is 21.3 Å². The summed E-state index contributed by atoms with van der Waals surface area (Å²) in [6, 6.07) is 0. The molecule has 1 atom stereocenters. The van der Waals surface area contributed by atoms with Gasteiger partial charge in [-0.2, -0.15) is 0 Å². The van der Waals surface area contributed by atoms with Crippen LogP contribution in [0.1, 0.15) is 26.2 Å². The molecule has 6 nitrogen and oxygen atoms in total. The molecule has 0 aliphatic rings. The van der Waals surface area contributed by atoms with Gasteiger partial charge in [0.05, 0.1) is 7.11 Å². The molecular weight excluding hydrogens is 259 g/mol. The fraction of sp³-hybridized carbons (Fsp3) is 0.727. The van der Waals surface area contributed by atoms with Crippen molar-refractivity contribution in [2.24, 2.45) is 0 Å². The second-order valence-corrected chi connectivity index (χ2v) is 5.76. The molecule has 0 spiro atoms. The van der Waals surface area contributed by atoms with Gasteiger partial charge in [0.1, 0.15) is 0 Å². The lowest BCUT2D eigenvalue weighted by molar-refractivity contribution is 0.0625. The molecule has 0 bridgehead atoms. The molecule has 106 valence electrons. The lowest BCUT2D eigenvalue weighted by Crippen LogP contribution is -2.18. The van der Waals surface area contributed by atoms with E-state index < -0.39 is 19.6 Å². The highest BCUT2D eigenvalue weighted by atomic mass is 31.2. The van der Waals surface area contributed by atoms with Gasteiger partial charge in [-0.15, -0.1) is 0 Å². The number of hydrogen-bond donors (Lipinski definition) is 0. The fourth-order valence-corrected chi connectivity index (χ4v) is 2.29. The van der Waals surface area contributed by atoms with Gasteiger partial charge in [-0.25, -0.2) is 4.79 Å². The van der Waals surface area contributed by atoms with E-state index in [9.17, 15) is 9.36 Å². The standard InChI is InChI=1S/C11H21O6P/c1-5-6-7-8-9-10(17-11(12)14-2)18(13,15-3)16-4/h8-10H,5-7H2,1-4H3/b9-8+. The Balaban J connectivity index is 4.76. The molecule has 7 heteroatoms. The van der Waals surface area contributed by atoms with Gasteiger partial charge in [-0.05, 0) is 12.5 Å². The van der Waals surface area contributed by atoms with E-state index >= 15 is 0 Å². The summed E-state index contributed by atoms with van der Waals surface area (Å²) in [4.78, 5) is 11.1.